The summed E-state index contributed by atoms with van der Waals surface area (Å²) in [6, 6.07) is 11.4. The number of anilines is 1. The summed E-state index contributed by atoms with van der Waals surface area (Å²) in [5.41, 5.74) is 2.99. The number of halogens is 1. The van der Waals surface area contributed by atoms with Gasteiger partial charge in [-0.2, -0.15) is 5.26 Å². The van der Waals surface area contributed by atoms with Crippen molar-refractivity contribution in [3.05, 3.63) is 64.5 Å². The van der Waals surface area contributed by atoms with Crippen LogP contribution >= 0.6 is 0 Å². The van der Waals surface area contributed by atoms with E-state index in [1.807, 2.05) is 13.0 Å². The number of carbonyl (C=O) groups excluding carboxylic acids is 1. The van der Waals surface area contributed by atoms with Gasteiger partial charge in [-0.3, -0.25) is 9.69 Å². The minimum Gasteiger partial charge on any atom is -0.322 e. The molecule has 0 aromatic heterocycles. The highest BCUT2D eigenvalue weighted by Crippen LogP contribution is 2.24. The molecule has 1 fully saturated rings. The third-order valence-corrected chi connectivity index (χ3v) is 4.97. The summed E-state index contributed by atoms with van der Waals surface area (Å²) in [6.07, 6.45) is 0. The van der Waals surface area contributed by atoms with E-state index >= 15 is 0 Å². The van der Waals surface area contributed by atoms with Gasteiger partial charge < -0.3 is 10.2 Å². The number of rotatable bonds is 4. The van der Waals surface area contributed by atoms with Crippen LogP contribution in [0, 0.1) is 24.1 Å². The Morgan fingerprint density at radius 1 is 1.22 bits per heavy atom. The molecular formula is C21H23FN4O. The van der Waals surface area contributed by atoms with Gasteiger partial charge in [0.2, 0.25) is 0 Å². The van der Waals surface area contributed by atoms with Crippen molar-refractivity contribution < 1.29 is 9.18 Å². The predicted octanol–water partition coefficient (Wildman–Crippen LogP) is 3.01. The number of likely N-dealkylation sites (N-methyl/N-ethyl adjacent to an activating group) is 1. The van der Waals surface area contributed by atoms with E-state index in [1.54, 1.807) is 24.3 Å². The lowest BCUT2D eigenvalue weighted by atomic mass is 10.0. The molecule has 5 nitrogen and oxygen atoms in total. The molecule has 3 rings (SSSR count). The molecule has 2 aromatic rings. The van der Waals surface area contributed by atoms with Crippen LogP contribution in [0.1, 0.15) is 27.0 Å². The summed E-state index contributed by atoms with van der Waals surface area (Å²) in [7, 11) is 2.10. The van der Waals surface area contributed by atoms with Gasteiger partial charge in [-0.25, -0.2) is 4.39 Å². The zero-order valence-corrected chi connectivity index (χ0v) is 15.6. The Kier molecular flexibility index (Phi) is 5.84. The maximum absolute atomic E-state index is 14.2. The van der Waals surface area contributed by atoms with Crippen molar-refractivity contribution in [2.24, 2.45) is 0 Å². The zero-order chi connectivity index (χ0) is 19.4. The van der Waals surface area contributed by atoms with Crippen molar-refractivity contribution in [2.75, 3.05) is 38.5 Å². The largest absolute Gasteiger partial charge is 0.322 e. The first kappa shape index (κ1) is 19.0. The fourth-order valence-corrected chi connectivity index (χ4v) is 3.20. The standard InChI is InChI=1S/C21H23FN4O/c1-15-18(14-26-8-6-25(2)7-9-26)11-19(22)12-20(15)24-21(27)17-5-3-4-16(10-17)13-23/h3-5,10-12H,6-9,14H2,1-2H3,(H,24,27). The summed E-state index contributed by atoms with van der Waals surface area (Å²) in [5, 5.41) is 11.8. The van der Waals surface area contributed by atoms with E-state index in [0.717, 1.165) is 37.3 Å². The average Bonchev–Trinajstić information content (AvgIpc) is 2.67. The third kappa shape index (κ3) is 4.70. The summed E-state index contributed by atoms with van der Waals surface area (Å²) < 4.78 is 14.2. The highest BCUT2D eigenvalue weighted by molar-refractivity contribution is 6.04. The molecule has 1 aliphatic heterocycles. The van der Waals surface area contributed by atoms with Gasteiger partial charge in [-0.05, 0) is 55.4 Å². The fourth-order valence-electron chi connectivity index (χ4n) is 3.20. The van der Waals surface area contributed by atoms with Crippen molar-refractivity contribution in [2.45, 2.75) is 13.5 Å². The van der Waals surface area contributed by atoms with Crippen LogP contribution in [0.5, 0.6) is 0 Å². The lowest BCUT2D eigenvalue weighted by molar-refractivity contribution is 0.102. The van der Waals surface area contributed by atoms with Crippen LogP contribution in [0.25, 0.3) is 0 Å². The molecule has 2 aromatic carbocycles. The van der Waals surface area contributed by atoms with Gasteiger partial charge in [-0.15, -0.1) is 0 Å². The third-order valence-electron chi connectivity index (χ3n) is 4.97. The van der Waals surface area contributed by atoms with Gasteiger partial charge in [-0.1, -0.05) is 6.07 Å². The van der Waals surface area contributed by atoms with E-state index < -0.39 is 0 Å². The second-order valence-electron chi connectivity index (χ2n) is 6.96. The number of nitriles is 1. The summed E-state index contributed by atoms with van der Waals surface area (Å²) >= 11 is 0. The first-order valence-corrected chi connectivity index (χ1v) is 8.97. The van der Waals surface area contributed by atoms with Gasteiger partial charge in [0.25, 0.3) is 5.91 Å². The van der Waals surface area contributed by atoms with Crippen LogP contribution < -0.4 is 5.32 Å². The number of amides is 1. The van der Waals surface area contributed by atoms with E-state index in [4.69, 9.17) is 5.26 Å². The van der Waals surface area contributed by atoms with Crippen molar-refractivity contribution in [1.29, 1.82) is 5.26 Å². The molecule has 6 heteroatoms. The van der Waals surface area contributed by atoms with Crippen LogP contribution in [0.15, 0.2) is 36.4 Å². The number of piperazine rings is 1. The Balaban J connectivity index is 1.78. The van der Waals surface area contributed by atoms with Gasteiger partial charge >= 0.3 is 0 Å². The summed E-state index contributed by atoms with van der Waals surface area (Å²) in [4.78, 5) is 17.1. The van der Waals surface area contributed by atoms with E-state index in [9.17, 15) is 9.18 Å². The van der Waals surface area contributed by atoms with E-state index in [1.165, 1.54) is 12.1 Å². The lowest BCUT2D eigenvalue weighted by Crippen LogP contribution is -2.44. The Hall–Kier alpha value is -2.75. The summed E-state index contributed by atoms with van der Waals surface area (Å²) in [5.74, 6) is -0.725. The Labute approximate surface area is 159 Å². The highest BCUT2D eigenvalue weighted by Gasteiger charge is 2.17. The molecule has 1 saturated heterocycles. The molecule has 1 aliphatic rings. The van der Waals surface area contributed by atoms with Crippen LogP contribution in [0.3, 0.4) is 0 Å². The van der Waals surface area contributed by atoms with E-state index in [-0.39, 0.29) is 11.7 Å². The van der Waals surface area contributed by atoms with E-state index in [2.05, 4.69) is 22.2 Å². The minimum absolute atomic E-state index is 0.355. The summed E-state index contributed by atoms with van der Waals surface area (Å²) in [6.45, 7) is 6.42. The zero-order valence-electron chi connectivity index (χ0n) is 15.6. The highest BCUT2D eigenvalue weighted by atomic mass is 19.1. The van der Waals surface area contributed by atoms with Gasteiger partial charge in [0.05, 0.1) is 11.6 Å². The van der Waals surface area contributed by atoms with Crippen LogP contribution in [0.4, 0.5) is 10.1 Å². The molecule has 0 saturated carbocycles. The predicted molar refractivity (Wildman–Crippen MR) is 103 cm³/mol. The second kappa shape index (κ2) is 8.30. The molecule has 140 valence electrons. The van der Waals surface area contributed by atoms with Crippen molar-refractivity contribution >= 4 is 11.6 Å². The molecule has 1 heterocycles. The number of carbonyl (C=O) groups is 1. The topological polar surface area (TPSA) is 59.4 Å². The number of benzene rings is 2. The van der Waals surface area contributed by atoms with Gasteiger partial charge in [0.15, 0.2) is 0 Å². The normalized spacial score (nSPS) is 15.3. The van der Waals surface area contributed by atoms with Crippen molar-refractivity contribution in [1.82, 2.24) is 9.80 Å². The lowest BCUT2D eigenvalue weighted by Gasteiger charge is -2.32. The maximum atomic E-state index is 14.2. The quantitative estimate of drug-likeness (QED) is 0.904. The van der Waals surface area contributed by atoms with Gasteiger partial charge in [0.1, 0.15) is 5.82 Å². The Morgan fingerprint density at radius 2 is 1.96 bits per heavy atom. The number of nitrogens with zero attached hydrogens (tertiary/aromatic N) is 3. The molecular weight excluding hydrogens is 343 g/mol. The molecule has 0 bridgehead atoms. The van der Waals surface area contributed by atoms with Crippen LogP contribution in [-0.2, 0) is 6.54 Å². The fraction of sp³-hybridized carbons (Fsp3) is 0.333. The SMILES string of the molecule is Cc1c(CN2CCN(C)CC2)cc(F)cc1NC(=O)c1cccc(C#N)c1. The van der Waals surface area contributed by atoms with Gasteiger partial charge in [0, 0.05) is 44.0 Å². The molecule has 0 aliphatic carbocycles. The molecule has 27 heavy (non-hydrogen) atoms. The number of nitrogens with one attached hydrogen (secondary N) is 1. The van der Waals surface area contributed by atoms with Crippen molar-refractivity contribution in [3.8, 4) is 6.07 Å². The monoisotopic (exact) mass is 366 g/mol. The van der Waals surface area contributed by atoms with E-state index in [0.29, 0.717) is 23.4 Å². The minimum atomic E-state index is -0.370. The van der Waals surface area contributed by atoms with Crippen LogP contribution in [-0.4, -0.2) is 48.9 Å². The molecule has 1 amide bonds. The Morgan fingerprint density at radius 3 is 2.67 bits per heavy atom. The Bertz CT molecular complexity index is 882. The smallest absolute Gasteiger partial charge is 0.255 e. The average molecular weight is 366 g/mol. The molecule has 0 unspecified atom stereocenters. The van der Waals surface area contributed by atoms with Crippen LogP contribution in [0.2, 0.25) is 0 Å². The molecule has 0 radical (unpaired) electrons. The number of hydrogen-bond donors (Lipinski definition) is 1. The molecule has 1 N–H and O–H groups in total. The maximum Gasteiger partial charge on any atom is 0.255 e. The first-order valence-electron chi connectivity index (χ1n) is 8.97. The number of hydrogen-bond acceptors (Lipinski definition) is 4. The second-order valence-corrected chi connectivity index (χ2v) is 6.96. The first-order chi connectivity index (χ1) is 13.0. The molecule has 0 atom stereocenters. The van der Waals surface area contributed by atoms with Crippen molar-refractivity contribution in [3.63, 3.8) is 0 Å². The molecule has 0 spiro atoms.